The number of likely N-dealkylation sites (tertiary alicyclic amines) is 1. The second-order valence-corrected chi connectivity index (χ2v) is 7.63. The number of carboxylic acids is 1. The summed E-state index contributed by atoms with van der Waals surface area (Å²) in [6.45, 7) is 2.20. The molecule has 1 aliphatic rings. The SMILES string of the molecule is CN1CCCC(CNS(=O)(=O)c2cc(C(=O)O)oc2Br)C1. The lowest BCUT2D eigenvalue weighted by molar-refractivity contribution is 0.0661. The largest absolute Gasteiger partial charge is 0.475 e. The molecule has 1 unspecified atom stereocenters. The molecule has 7 nitrogen and oxygen atoms in total. The van der Waals surface area contributed by atoms with Crippen molar-refractivity contribution < 1.29 is 22.7 Å². The van der Waals surface area contributed by atoms with Crippen LogP contribution in [0.1, 0.15) is 23.4 Å². The van der Waals surface area contributed by atoms with Crippen LogP contribution in [0.25, 0.3) is 0 Å². The summed E-state index contributed by atoms with van der Waals surface area (Å²) in [4.78, 5) is 12.8. The normalized spacial score (nSPS) is 20.6. The monoisotopic (exact) mass is 380 g/mol. The fourth-order valence-electron chi connectivity index (χ4n) is 2.39. The van der Waals surface area contributed by atoms with E-state index in [1.165, 1.54) is 0 Å². The number of rotatable bonds is 5. The van der Waals surface area contributed by atoms with Gasteiger partial charge in [-0.2, -0.15) is 0 Å². The highest BCUT2D eigenvalue weighted by atomic mass is 79.9. The molecule has 2 rings (SSSR count). The third-order valence-electron chi connectivity index (χ3n) is 3.44. The van der Waals surface area contributed by atoms with Gasteiger partial charge >= 0.3 is 5.97 Å². The Bertz CT molecular complexity index is 628. The summed E-state index contributed by atoms with van der Waals surface area (Å²) in [6.07, 6.45) is 2.02. The maximum absolute atomic E-state index is 12.2. The molecule has 2 heterocycles. The number of nitrogens with zero attached hydrogens (tertiary/aromatic N) is 1. The minimum Gasteiger partial charge on any atom is -0.475 e. The summed E-state index contributed by atoms with van der Waals surface area (Å²) < 4.78 is 31.7. The van der Waals surface area contributed by atoms with Gasteiger partial charge in [0.25, 0.3) is 0 Å². The molecule has 21 heavy (non-hydrogen) atoms. The van der Waals surface area contributed by atoms with Gasteiger partial charge in [0.15, 0.2) is 4.67 Å². The molecule has 1 fully saturated rings. The van der Waals surface area contributed by atoms with E-state index in [0.717, 1.165) is 32.0 Å². The lowest BCUT2D eigenvalue weighted by Crippen LogP contribution is -2.39. The predicted octanol–water partition coefficient (Wildman–Crippen LogP) is 1.36. The lowest BCUT2D eigenvalue weighted by atomic mass is 9.99. The first kappa shape index (κ1) is 16.5. The molecule has 0 amide bonds. The summed E-state index contributed by atoms with van der Waals surface area (Å²) in [5.41, 5.74) is 0. The van der Waals surface area contributed by atoms with E-state index in [0.29, 0.717) is 6.54 Å². The minimum absolute atomic E-state index is 0.104. The van der Waals surface area contributed by atoms with Crippen LogP contribution >= 0.6 is 15.9 Å². The molecule has 9 heteroatoms. The molecule has 1 aliphatic heterocycles. The molecule has 118 valence electrons. The molecule has 1 atom stereocenters. The van der Waals surface area contributed by atoms with Crippen molar-refractivity contribution in [3.8, 4) is 0 Å². The minimum atomic E-state index is -3.79. The Hall–Kier alpha value is -0.900. The fourth-order valence-corrected chi connectivity index (χ4v) is 4.44. The van der Waals surface area contributed by atoms with Crippen molar-refractivity contribution in [3.63, 3.8) is 0 Å². The first-order chi connectivity index (χ1) is 9.79. The summed E-state index contributed by atoms with van der Waals surface area (Å²) in [5.74, 6) is -1.48. The van der Waals surface area contributed by atoms with Crippen LogP contribution in [0.3, 0.4) is 0 Å². The van der Waals surface area contributed by atoms with Crippen LogP contribution in [0.5, 0.6) is 0 Å². The predicted molar refractivity (Wildman–Crippen MR) is 78.8 cm³/mol. The highest BCUT2D eigenvalue weighted by Crippen LogP contribution is 2.26. The number of hydrogen-bond donors (Lipinski definition) is 2. The summed E-state index contributed by atoms with van der Waals surface area (Å²) in [7, 11) is -1.79. The van der Waals surface area contributed by atoms with Gasteiger partial charge in [-0.05, 0) is 48.3 Å². The quantitative estimate of drug-likeness (QED) is 0.799. The molecular formula is C12H17BrN2O5S. The third kappa shape index (κ3) is 4.06. The Balaban J connectivity index is 2.06. The van der Waals surface area contributed by atoms with E-state index in [1.807, 2.05) is 7.05 Å². The van der Waals surface area contributed by atoms with Crippen molar-refractivity contribution in [2.24, 2.45) is 5.92 Å². The first-order valence-corrected chi connectivity index (χ1v) is 8.78. The van der Waals surface area contributed by atoms with E-state index in [-0.39, 0.29) is 15.5 Å². The van der Waals surface area contributed by atoms with E-state index in [9.17, 15) is 13.2 Å². The van der Waals surface area contributed by atoms with Crippen LogP contribution in [0.15, 0.2) is 20.0 Å². The van der Waals surface area contributed by atoms with E-state index >= 15 is 0 Å². The zero-order chi connectivity index (χ0) is 15.6. The van der Waals surface area contributed by atoms with E-state index in [2.05, 4.69) is 25.6 Å². The Morgan fingerprint density at radius 3 is 2.90 bits per heavy atom. The molecule has 0 saturated carbocycles. The number of sulfonamides is 1. The van der Waals surface area contributed by atoms with Crippen molar-refractivity contribution in [2.45, 2.75) is 17.7 Å². The third-order valence-corrected chi connectivity index (χ3v) is 5.72. The van der Waals surface area contributed by atoms with Crippen LogP contribution in [-0.2, 0) is 10.0 Å². The van der Waals surface area contributed by atoms with Gasteiger partial charge in [-0.3, -0.25) is 0 Å². The van der Waals surface area contributed by atoms with Crippen LogP contribution in [0, 0.1) is 5.92 Å². The molecule has 0 bridgehead atoms. The van der Waals surface area contributed by atoms with Gasteiger partial charge < -0.3 is 14.4 Å². The number of furan rings is 1. The number of halogens is 1. The highest BCUT2D eigenvalue weighted by Gasteiger charge is 2.26. The smallest absolute Gasteiger partial charge is 0.371 e. The van der Waals surface area contributed by atoms with Crippen molar-refractivity contribution in [3.05, 3.63) is 16.5 Å². The van der Waals surface area contributed by atoms with Crippen LogP contribution < -0.4 is 4.72 Å². The number of hydrogen-bond acceptors (Lipinski definition) is 5. The maximum atomic E-state index is 12.2. The highest BCUT2D eigenvalue weighted by molar-refractivity contribution is 9.10. The number of carbonyl (C=O) groups is 1. The van der Waals surface area contributed by atoms with Crippen molar-refractivity contribution >= 4 is 31.9 Å². The Morgan fingerprint density at radius 2 is 2.33 bits per heavy atom. The summed E-state index contributed by atoms with van der Waals surface area (Å²) >= 11 is 2.94. The molecule has 1 aromatic heterocycles. The van der Waals surface area contributed by atoms with Gasteiger partial charge in [0.1, 0.15) is 4.90 Å². The lowest BCUT2D eigenvalue weighted by Gasteiger charge is -2.29. The van der Waals surface area contributed by atoms with Gasteiger partial charge in [0.05, 0.1) is 0 Å². The van der Waals surface area contributed by atoms with Crippen LogP contribution in [-0.4, -0.2) is 51.1 Å². The van der Waals surface area contributed by atoms with Crippen LogP contribution in [0.2, 0.25) is 0 Å². The van der Waals surface area contributed by atoms with Gasteiger partial charge in [0.2, 0.25) is 15.8 Å². The van der Waals surface area contributed by atoms with Crippen molar-refractivity contribution in [2.75, 3.05) is 26.7 Å². The van der Waals surface area contributed by atoms with Gasteiger partial charge in [0, 0.05) is 19.2 Å². The molecule has 0 aliphatic carbocycles. The molecule has 0 aromatic carbocycles. The van der Waals surface area contributed by atoms with Gasteiger partial charge in [-0.15, -0.1) is 0 Å². The zero-order valence-electron chi connectivity index (χ0n) is 11.5. The number of carboxylic acid groups (broad SMARTS) is 1. The van der Waals surface area contributed by atoms with E-state index in [1.54, 1.807) is 0 Å². The Labute approximate surface area is 131 Å². The Kier molecular flexibility index (Phi) is 5.07. The fraction of sp³-hybridized carbons (Fsp3) is 0.583. The average Bonchev–Trinajstić information content (AvgIpc) is 2.80. The summed E-state index contributed by atoms with van der Waals surface area (Å²) in [5, 5.41) is 8.82. The number of aromatic carboxylic acids is 1. The number of nitrogens with one attached hydrogen (secondary N) is 1. The van der Waals surface area contributed by atoms with Gasteiger partial charge in [-0.1, -0.05) is 0 Å². The van der Waals surface area contributed by atoms with E-state index < -0.39 is 21.8 Å². The standard InChI is InChI=1S/C12H17BrN2O5S/c1-15-4-2-3-8(7-15)6-14-21(18,19)10-5-9(12(16)17)20-11(10)13/h5,8,14H,2-4,6-7H2,1H3,(H,16,17). The molecule has 2 N–H and O–H groups in total. The summed E-state index contributed by atoms with van der Waals surface area (Å²) in [6, 6.07) is 1.00. The maximum Gasteiger partial charge on any atom is 0.371 e. The zero-order valence-corrected chi connectivity index (χ0v) is 13.9. The van der Waals surface area contributed by atoms with Crippen LogP contribution in [0.4, 0.5) is 0 Å². The molecular weight excluding hydrogens is 364 g/mol. The first-order valence-electron chi connectivity index (χ1n) is 6.50. The van der Waals surface area contributed by atoms with Crippen molar-refractivity contribution in [1.82, 2.24) is 9.62 Å². The molecule has 0 spiro atoms. The second-order valence-electron chi connectivity index (χ2n) is 5.18. The Morgan fingerprint density at radius 1 is 1.62 bits per heavy atom. The second kappa shape index (κ2) is 6.47. The van der Waals surface area contributed by atoms with E-state index in [4.69, 9.17) is 9.52 Å². The van der Waals surface area contributed by atoms with Gasteiger partial charge in [-0.25, -0.2) is 17.9 Å². The average molecular weight is 381 g/mol. The topological polar surface area (TPSA) is 99.9 Å². The van der Waals surface area contributed by atoms with Crippen molar-refractivity contribution in [1.29, 1.82) is 0 Å². The molecule has 0 radical (unpaired) electrons. The molecule has 1 aromatic rings. The molecule has 1 saturated heterocycles. The number of piperidine rings is 1.